The molecule has 1 aromatic carbocycles. The van der Waals surface area contributed by atoms with E-state index in [-0.39, 0.29) is 19.3 Å². The molecular formula is C22H34FN3O. The maximum Gasteiger partial charge on any atom is 0.322 e. The van der Waals surface area contributed by atoms with E-state index in [2.05, 4.69) is 17.1 Å². The van der Waals surface area contributed by atoms with Crippen LogP contribution in [0.25, 0.3) is 0 Å². The Morgan fingerprint density at radius 3 is 2.52 bits per heavy atom. The minimum Gasteiger partial charge on any atom is -0.338 e. The Labute approximate surface area is 163 Å². The molecule has 3 unspecified atom stereocenters. The first-order valence-corrected chi connectivity index (χ1v) is 10.7. The number of nitrogens with one attached hydrogen (secondary N) is 1. The van der Waals surface area contributed by atoms with Crippen molar-refractivity contribution in [1.82, 2.24) is 10.2 Å². The number of carbonyl (C=O) groups is 1. The molecule has 0 radical (unpaired) electrons. The number of piperidine rings is 1. The number of nitrogens with zero attached hydrogens (tertiary/aromatic N) is 2. The summed E-state index contributed by atoms with van der Waals surface area (Å²) in [5.41, 5.74) is 0.795. The molecule has 1 aliphatic heterocycles. The second-order valence-electron chi connectivity index (χ2n) is 8.59. The summed E-state index contributed by atoms with van der Waals surface area (Å²) in [4.78, 5) is 17.4. The number of carbonyl (C=O) groups excluding carboxylic acids is 1. The standard InChI is InChI=1S/C22H32FN3O.H2/c1-2-11-24-22(27)26(19-7-5-18(23)6-8-19)20-9-12-25(13-10-20)21-15-16-3-4-17(21)14-16;/h5-8,16-17,20-21H,2-4,9-15H2,1H3,(H,24,27);1H. The number of urea groups is 1. The molecule has 2 amide bonds. The summed E-state index contributed by atoms with van der Waals surface area (Å²) in [7, 11) is 0. The van der Waals surface area contributed by atoms with Crippen LogP contribution in [0.3, 0.4) is 0 Å². The predicted octanol–water partition coefficient (Wildman–Crippen LogP) is 4.65. The Hall–Kier alpha value is -1.62. The maximum atomic E-state index is 13.4. The smallest absolute Gasteiger partial charge is 0.322 e. The molecule has 1 N–H and O–H groups in total. The summed E-state index contributed by atoms with van der Waals surface area (Å²) in [6.45, 7) is 4.85. The summed E-state index contributed by atoms with van der Waals surface area (Å²) in [6, 6.07) is 7.24. The lowest BCUT2D eigenvalue weighted by atomic mass is 9.91. The lowest BCUT2D eigenvalue weighted by Crippen LogP contribution is -2.53. The molecule has 3 fully saturated rings. The van der Waals surface area contributed by atoms with Crippen molar-refractivity contribution in [3.8, 4) is 0 Å². The molecule has 2 bridgehead atoms. The molecule has 1 heterocycles. The summed E-state index contributed by atoms with van der Waals surface area (Å²) in [5, 5.41) is 3.01. The van der Waals surface area contributed by atoms with Gasteiger partial charge in [0.15, 0.2) is 0 Å². The Bertz CT molecular complexity index is 648. The molecule has 4 nitrogen and oxygen atoms in total. The topological polar surface area (TPSA) is 35.6 Å². The van der Waals surface area contributed by atoms with E-state index in [9.17, 15) is 9.18 Å². The number of likely N-dealkylation sites (tertiary alicyclic amines) is 1. The first kappa shape index (κ1) is 18.7. The Balaban J connectivity index is 0.00000225. The third-order valence-electron chi connectivity index (χ3n) is 6.88. The third kappa shape index (κ3) is 3.98. The van der Waals surface area contributed by atoms with E-state index in [1.54, 1.807) is 12.1 Å². The van der Waals surface area contributed by atoms with E-state index in [0.717, 1.165) is 55.9 Å². The molecule has 150 valence electrons. The van der Waals surface area contributed by atoms with Crippen LogP contribution in [0.4, 0.5) is 14.9 Å². The highest BCUT2D eigenvalue weighted by Gasteiger charge is 2.43. The normalized spacial score (nSPS) is 28.4. The van der Waals surface area contributed by atoms with E-state index in [0.29, 0.717) is 6.54 Å². The van der Waals surface area contributed by atoms with Crippen LogP contribution in [-0.2, 0) is 0 Å². The number of fused-ring (bicyclic) bond motifs is 2. The van der Waals surface area contributed by atoms with E-state index < -0.39 is 0 Å². The van der Waals surface area contributed by atoms with Gasteiger partial charge in [-0.15, -0.1) is 0 Å². The van der Waals surface area contributed by atoms with E-state index in [1.165, 1.54) is 37.8 Å². The van der Waals surface area contributed by atoms with Crippen molar-refractivity contribution in [3.05, 3.63) is 30.1 Å². The largest absolute Gasteiger partial charge is 0.338 e. The summed E-state index contributed by atoms with van der Waals surface area (Å²) in [5.74, 6) is 1.61. The highest BCUT2D eigenvalue weighted by molar-refractivity contribution is 5.92. The summed E-state index contributed by atoms with van der Waals surface area (Å²) in [6.07, 6.45) is 8.56. The SMILES string of the molecule is CCCNC(=O)N(c1ccc(F)cc1)C1CCN(C2CC3CCC2C3)CC1.[HH]. The fraction of sp³-hybridized carbons (Fsp3) is 0.682. The van der Waals surface area contributed by atoms with Crippen molar-refractivity contribution in [2.24, 2.45) is 11.8 Å². The summed E-state index contributed by atoms with van der Waals surface area (Å²) < 4.78 is 13.4. The molecule has 3 atom stereocenters. The molecule has 3 aliphatic rings. The minimum absolute atomic E-state index is 0. The van der Waals surface area contributed by atoms with E-state index >= 15 is 0 Å². The number of hydrogen-bond donors (Lipinski definition) is 1. The van der Waals surface area contributed by atoms with Gasteiger partial charge in [-0.3, -0.25) is 9.80 Å². The van der Waals surface area contributed by atoms with Gasteiger partial charge >= 0.3 is 6.03 Å². The van der Waals surface area contributed by atoms with Gasteiger partial charge < -0.3 is 5.32 Å². The van der Waals surface area contributed by atoms with Crippen molar-refractivity contribution in [2.75, 3.05) is 24.5 Å². The molecule has 2 aliphatic carbocycles. The van der Waals surface area contributed by atoms with Crippen LogP contribution < -0.4 is 10.2 Å². The lowest BCUT2D eigenvalue weighted by Gasteiger charge is -2.42. The van der Waals surface area contributed by atoms with E-state index in [1.807, 2.05) is 4.90 Å². The van der Waals surface area contributed by atoms with Crippen LogP contribution in [0.15, 0.2) is 24.3 Å². The van der Waals surface area contributed by atoms with Crippen LogP contribution in [0.1, 0.15) is 53.3 Å². The fourth-order valence-corrected chi connectivity index (χ4v) is 5.55. The van der Waals surface area contributed by atoms with Gasteiger partial charge in [0.1, 0.15) is 5.82 Å². The molecule has 4 rings (SSSR count). The number of benzene rings is 1. The van der Waals surface area contributed by atoms with Crippen LogP contribution in [0, 0.1) is 17.7 Å². The molecule has 27 heavy (non-hydrogen) atoms. The Morgan fingerprint density at radius 1 is 1.19 bits per heavy atom. The molecular weight excluding hydrogens is 341 g/mol. The van der Waals surface area contributed by atoms with Crippen molar-refractivity contribution in [2.45, 2.75) is 64.0 Å². The second kappa shape index (κ2) is 8.17. The molecule has 0 spiro atoms. The van der Waals surface area contributed by atoms with Crippen molar-refractivity contribution in [1.29, 1.82) is 0 Å². The number of rotatable bonds is 5. The quantitative estimate of drug-likeness (QED) is 0.813. The lowest BCUT2D eigenvalue weighted by molar-refractivity contribution is 0.110. The van der Waals surface area contributed by atoms with E-state index in [4.69, 9.17) is 0 Å². The monoisotopic (exact) mass is 375 g/mol. The number of halogens is 1. The van der Waals surface area contributed by atoms with Gasteiger partial charge in [0.05, 0.1) is 0 Å². The molecule has 5 heteroatoms. The van der Waals surface area contributed by atoms with Crippen LogP contribution in [-0.4, -0.2) is 42.6 Å². The van der Waals surface area contributed by atoms with Gasteiger partial charge in [0, 0.05) is 38.8 Å². The Morgan fingerprint density at radius 2 is 1.93 bits per heavy atom. The van der Waals surface area contributed by atoms with Crippen molar-refractivity contribution in [3.63, 3.8) is 0 Å². The average Bonchev–Trinajstić information content (AvgIpc) is 3.32. The van der Waals surface area contributed by atoms with Gasteiger partial charge in [-0.2, -0.15) is 0 Å². The highest BCUT2D eigenvalue weighted by Crippen LogP contribution is 2.47. The first-order valence-electron chi connectivity index (χ1n) is 10.7. The Kier molecular flexibility index (Phi) is 5.67. The first-order chi connectivity index (χ1) is 13.2. The van der Waals surface area contributed by atoms with Crippen LogP contribution in [0.5, 0.6) is 0 Å². The molecule has 1 saturated heterocycles. The van der Waals surface area contributed by atoms with Gasteiger partial charge in [-0.25, -0.2) is 9.18 Å². The number of amides is 2. The van der Waals surface area contributed by atoms with Gasteiger partial charge in [-0.05, 0) is 74.6 Å². The number of hydrogen-bond acceptors (Lipinski definition) is 2. The van der Waals surface area contributed by atoms with Crippen molar-refractivity contribution < 1.29 is 10.6 Å². The highest BCUT2D eigenvalue weighted by atomic mass is 19.1. The zero-order chi connectivity index (χ0) is 18.8. The molecule has 0 aromatic heterocycles. The minimum atomic E-state index is -0.265. The van der Waals surface area contributed by atoms with Crippen LogP contribution >= 0.6 is 0 Å². The predicted molar refractivity (Wildman–Crippen MR) is 109 cm³/mol. The summed E-state index contributed by atoms with van der Waals surface area (Å²) >= 11 is 0. The zero-order valence-corrected chi connectivity index (χ0v) is 16.4. The molecule has 2 saturated carbocycles. The van der Waals surface area contributed by atoms with Gasteiger partial charge in [0.25, 0.3) is 0 Å². The average molecular weight is 376 g/mol. The van der Waals surface area contributed by atoms with Crippen LogP contribution in [0.2, 0.25) is 0 Å². The fourth-order valence-electron chi connectivity index (χ4n) is 5.55. The van der Waals surface area contributed by atoms with Gasteiger partial charge in [0.2, 0.25) is 0 Å². The third-order valence-corrected chi connectivity index (χ3v) is 6.88. The maximum absolute atomic E-state index is 13.4. The zero-order valence-electron chi connectivity index (χ0n) is 16.4. The van der Waals surface area contributed by atoms with Gasteiger partial charge in [-0.1, -0.05) is 13.3 Å². The second-order valence-corrected chi connectivity index (χ2v) is 8.59. The van der Waals surface area contributed by atoms with Crippen molar-refractivity contribution >= 4 is 11.7 Å². The number of anilines is 1. The molecule has 1 aromatic rings.